The summed E-state index contributed by atoms with van der Waals surface area (Å²) in [6.07, 6.45) is 2.57. The van der Waals surface area contributed by atoms with Crippen molar-refractivity contribution >= 4 is 0 Å². The van der Waals surface area contributed by atoms with Crippen LogP contribution in [0.4, 0.5) is 4.39 Å². The molecular formula is C16H37F. The van der Waals surface area contributed by atoms with E-state index in [0.29, 0.717) is 5.92 Å². The largest absolute Gasteiger partial charge is 0.248 e. The molecule has 0 saturated heterocycles. The monoisotopic (exact) mass is 248 g/mol. The lowest BCUT2D eigenvalue weighted by Gasteiger charge is -2.01. The van der Waals surface area contributed by atoms with Crippen LogP contribution < -0.4 is 0 Å². The van der Waals surface area contributed by atoms with Gasteiger partial charge in [0, 0.05) is 0 Å². The molecule has 17 heavy (non-hydrogen) atoms. The van der Waals surface area contributed by atoms with Gasteiger partial charge >= 0.3 is 0 Å². The summed E-state index contributed by atoms with van der Waals surface area (Å²) in [5, 5.41) is 0. The number of halogens is 1. The molecule has 1 heteroatoms. The Hall–Kier alpha value is -0.330. The fourth-order valence-corrected chi connectivity index (χ4v) is 0. The van der Waals surface area contributed by atoms with E-state index in [0.717, 1.165) is 5.92 Å². The Morgan fingerprint density at radius 3 is 1.18 bits per heavy atom. The van der Waals surface area contributed by atoms with Crippen LogP contribution in [0.15, 0.2) is 12.7 Å². The summed E-state index contributed by atoms with van der Waals surface area (Å²) in [5.41, 5.74) is 0. The number of rotatable bonds is 3. The van der Waals surface area contributed by atoms with Crippen molar-refractivity contribution in [2.24, 2.45) is 17.8 Å². The highest BCUT2D eigenvalue weighted by Gasteiger charge is 2.00. The van der Waals surface area contributed by atoms with Gasteiger partial charge in [0.15, 0.2) is 0 Å². The van der Waals surface area contributed by atoms with Crippen LogP contribution in [0.1, 0.15) is 69.2 Å². The van der Waals surface area contributed by atoms with Gasteiger partial charge < -0.3 is 0 Å². The van der Waals surface area contributed by atoms with E-state index in [1.807, 2.05) is 19.9 Å². The first-order chi connectivity index (χ1) is 7.18. The molecule has 0 aliphatic heterocycles. The van der Waals surface area contributed by atoms with Crippen LogP contribution in [0, 0.1) is 17.8 Å². The standard InChI is InChI=1S/C5H11F.C5H12.C5H10.CH4/c1-4(2)5(3)6;2*1-4-5(2)3;/h4-5H,1-3H3;5H,4H2,1-3H3;4-5H,1H2,2-3H3;1H4. The molecule has 0 fully saturated rings. The van der Waals surface area contributed by atoms with Crippen LogP contribution in [0.3, 0.4) is 0 Å². The smallest absolute Gasteiger partial charge is 0.0996 e. The van der Waals surface area contributed by atoms with Crippen LogP contribution in [-0.4, -0.2) is 6.17 Å². The van der Waals surface area contributed by atoms with E-state index in [1.54, 1.807) is 6.92 Å². The number of hydrogen-bond donors (Lipinski definition) is 0. The van der Waals surface area contributed by atoms with E-state index >= 15 is 0 Å². The second-order valence-corrected chi connectivity index (χ2v) is 5.20. The fraction of sp³-hybridized carbons (Fsp3) is 0.875. The summed E-state index contributed by atoms with van der Waals surface area (Å²) in [7, 11) is 0. The third-order valence-corrected chi connectivity index (χ3v) is 2.21. The first-order valence-corrected chi connectivity index (χ1v) is 6.45. The Bertz CT molecular complexity index is 117. The minimum absolute atomic E-state index is 0. The third-order valence-electron chi connectivity index (χ3n) is 2.21. The quantitative estimate of drug-likeness (QED) is 0.499. The highest BCUT2D eigenvalue weighted by Crippen LogP contribution is 2.02. The maximum absolute atomic E-state index is 11.8. The maximum Gasteiger partial charge on any atom is 0.0996 e. The molecule has 0 aromatic rings. The Kier molecular flexibility index (Phi) is 27.1. The van der Waals surface area contributed by atoms with Crippen molar-refractivity contribution in [1.82, 2.24) is 0 Å². The van der Waals surface area contributed by atoms with Gasteiger partial charge in [0.2, 0.25) is 0 Å². The maximum atomic E-state index is 11.8. The van der Waals surface area contributed by atoms with Gasteiger partial charge in [-0.3, -0.25) is 0 Å². The molecule has 0 amide bonds. The Morgan fingerprint density at radius 2 is 1.18 bits per heavy atom. The Morgan fingerprint density at radius 1 is 1.00 bits per heavy atom. The Labute approximate surface area is 111 Å². The van der Waals surface area contributed by atoms with E-state index in [9.17, 15) is 4.39 Å². The molecule has 0 N–H and O–H groups in total. The molecule has 108 valence electrons. The number of alkyl halides is 1. The zero-order valence-electron chi connectivity index (χ0n) is 12.7. The Balaban J connectivity index is -0.0000000729. The van der Waals surface area contributed by atoms with Crippen LogP contribution in [-0.2, 0) is 0 Å². The third kappa shape index (κ3) is 49.8. The SMILES string of the molecule is C.C=CC(C)C.CC(C)C(C)F.CCC(C)C. The topological polar surface area (TPSA) is 0 Å². The van der Waals surface area contributed by atoms with Crippen molar-refractivity contribution in [2.45, 2.75) is 75.4 Å². The predicted octanol–water partition coefficient (Wildman–Crippen LogP) is 6.52. The molecule has 0 aromatic heterocycles. The van der Waals surface area contributed by atoms with Gasteiger partial charge in [0.25, 0.3) is 0 Å². The van der Waals surface area contributed by atoms with Gasteiger partial charge in [0.1, 0.15) is 0 Å². The molecule has 0 saturated carbocycles. The number of allylic oxidation sites excluding steroid dienone is 1. The summed E-state index contributed by atoms with van der Waals surface area (Å²) >= 11 is 0. The molecule has 0 aliphatic rings. The van der Waals surface area contributed by atoms with Crippen molar-refractivity contribution in [3.63, 3.8) is 0 Å². The second-order valence-electron chi connectivity index (χ2n) is 5.20. The molecule has 1 unspecified atom stereocenters. The van der Waals surface area contributed by atoms with Gasteiger partial charge in [-0.15, -0.1) is 6.58 Å². The molecule has 0 spiro atoms. The average Bonchev–Trinajstić information content (AvgIpc) is 2.19. The number of hydrogen-bond acceptors (Lipinski definition) is 0. The van der Waals surface area contributed by atoms with Crippen molar-refractivity contribution in [3.05, 3.63) is 12.7 Å². The van der Waals surface area contributed by atoms with E-state index < -0.39 is 6.17 Å². The zero-order valence-corrected chi connectivity index (χ0v) is 12.7. The van der Waals surface area contributed by atoms with Crippen LogP contribution in [0.2, 0.25) is 0 Å². The van der Waals surface area contributed by atoms with Crippen molar-refractivity contribution in [1.29, 1.82) is 0 Å². The second kappa shape index (κ2) is 18.0. The summed E-state index contributed by atoms with van der Waals surface area (Å²) in [6.45, 7) is 19.7. The molecule has 0 heterocycles. The van der Waals surface area contributed by atoms with Crippen LogP contribution in [0.5, 0.6) is 0 Å². The van der Waals surface area contributed by atoms with E-state index in [1.165, 1.54) is 6.42 Å². The minimum Gasteiger partial charge on any atom is -0.248 e. The zero-order chi connectivity index (χ0) is 13.7. The average molecular weight is 248 g/mol. The summed E-state index contributed by atoms with van der Waals surface area (Å²) < 4.78 is 11.8. The molecule has 0 aliphatic carbocycles. The first kappa shape index (κ1) is 25.5. The fourth-order valence-electron chi connectivity index (χ4n) is 0. The summed E-state index contributed by atoms with van der Waals surface area (Å²) in [6, 6.07) is 0. The first-order valence-electron chi connectivity index (χ1n) is 6.45. The van der Waals surface area contributed by atoms with Crippen molar-refractivity contribution in [3.8, 4) is 0 Å². The van der Waals surface area contributed by atoms with Crippen molar-refractivity contribution in [2.75, 3.05) is 0 Å². The van der Waals surface area contributed by atoms with E-state index in [4.69, 9.17) is 0 Å². The van der Waals surface area contributed by atoms with Gasteiger partial charge in [0.05, 0.1) is 6.17 Å². The molecular weight excluding hydrogens is 211 g/mol. The van der Waals surface area contributed by atoms with Crippen molar-refractivity contribution < 1.29 is 4.39 Å². The van der Waals surface area contributed by atoms with Crippen LogP contribution >= 0.6 is 0 Å². The molecule has 0 rings (SSSR count). The molecule has 1 atom stereocenters. The van der Waals surface area contributed by atoms with Gasteiger partial charge in [-0.25, -0.2) is 4.39 Å². The molecule has 0 nitrogen and oxygen atoms in total. The molecule has 0 radical (unpaired) electrons. The minimum atomic E-state index is -0.648. The van der Waals surface area contributed by atoms with E-state index in [2.05, 4.69) is 41.2 Å². The lowest BCUT2D eigenvalue weighted by atomic mass is 10.1. The highest BCUT2D eigenvalue weighted by atomic mass is 19.1. The highest BCUT2D eigenvalue weighted by molar-refractivity contribution is 4.69. The summed E-state index contributed by atoms with van der Waals surface area (Å²) in [4.78, 5) is 0. The predicted molar refractivity (Wildman–Crippen MR) is 82.3 cm³/mol. The lowest BCUT2D eigenvalue weighted by Crippen LogP contribution is -2.01. The molecule has 0 bridgehead atoms. The van der Waals surface area contributed by atoms with E-state index in [-0.39, 0.29) is 13.3 Å². The normalized spacial score (nSPS) is 10.8. The van der Waals surface area contributed by atoms with Gasteiger partial charge in [-0.2, -0.15) is 0 Å². The lowest BCUT2D eigenvalue weighted by molar-refractivity contribution is 0.280. The van der Waals surface area contributed by atoms with Crippen LogP contribution in [0.25, 0.3) is 0 Å². The van der Waals surface area contributed by atoms with Gasteiger partial charge in [-0.1, -0.05) is 68.4 Å². The molecule has 0 aromatic carbocycles. The van der Waals surface area contributed by atoms with Gasteiger partial charge in [-0.05, 0) is 24.7 Å². The summed E-state index contributed by atoms with van der Waals surface area (Å²) in [5.74, 6) is 1.72.